The lowest BCUT2D eigenvalue weighted by molar-refractivity contribution is -0.115. The van der Waals surface area contributed by atoms with Gasteiger partial charge in [-0.3, -0.25) is 24.1 Å². The number of likely N-dealkylation sites (N-methyl/N-ethyl adjacent to an activating group) is 1. The minimum absolute atomic E-state index is 0.180. The molecule has 0 bridgehead atoms. The van der Waals surface area contributed by atoms with Crippen LogP contribution in [0.2, 0.25) is 0 Å². The summed E-state index contributed by atoms with van der Waals surface area (Å²) in [6, 6.07) is 21.9. The maximum atomic E-state index is 13.3. The molecule has 236 valence electrons. The van der Waals surface area contributed by atoms with Gasteiger partial charge in [0.1, 0.15) is 11.6 Å². The molecule has 10 heteroatoms. The van der Waals surface area contributed by atoms with E-state index in [1.807, 2.05) is 45.9 Å². The van der Waals surface area contributed by atoms with Gasteiger partial charge in [-0.25, -0.2) is 0 Å². The summed E-state index contributed by atoms with van der Waals surface area (Å²) < 4.78 is 1.71. The fraction of sp³-hybridized carbons (Fsp3) is 0.306. The Bertz CT molecular complexity index is 1810. The number of nitrogens with zero attached hydrogens (tertiary/aromatic N) is 5. The molecule has 0 radical (unpaired) electrons. The second-order valence-electron chi connectivity index (χ2n) is 13.0. The molecule has 2 aliphatic heterocycles. The highest BCUT2D eigenvalue weighted by Gasteiger charge is 2.30. The number of fused-ring (bicyclic) bond motifs is 1. The first-order valence-electron chi connectivity index (χ1n) is 15.5. The van der Waals surface area contributed by atoms with E-state index in [-0.39, 0.29) is 23.1 Å². The minimum Gasteiger partial charge on any atom is -0.369 e. The maximum absolute atomic E-state index is 13.3. The molecule has 4 aromatic rings. The summed E-state index contributed by atoms with van der Waals surface area (Å²) in [6.45, 7) is 11.9. The van der Waals surface area contributed by atoms with Gasteiger partial charge >= 0.3 is 0 Å². The quantitative estimate of drug-likeness (QED) is 0.206. The Hall–Kier alpha value is -5.09. The number of nitrogens with one attached hydrogen (secondary N) is 2. The molecule has 3 aromatic carbocycles. The first-order valence-corrected chi connectivity index (χ1v) is 15.5. The Morgan fingerprint density at radius 1 is 0.935 bits per heavy atom. The molecule has 0 saturated carbocycles. The number of carbonyl (C=O) groups excluding carboxylic acids is 3. The molecule has 1 unspecified atom stereocenters. The van der Waals surface area contributed by atoms with Crippen molar-refractivity contribution in [1.29, 1.82) is 0 Å². The number of rotatable bonds is 7. The first kappa shape index (κ1) is 30.9. The predicted molar refractivity (Wildman–Crippen MR) is 182 cm³/mol. The number of aliphatic imine (C=N–C) groups is 1. The van der Waals surface area contributed by atoms with Crippen LogP contribution in [0.4, 0.5) is 22.7 Å². The van der Waals surface area contributed by atoms with E-state index < -0.39 is 5.92 Å². The van der Waals surface area contributed by atoms with Crippen molar-refractivity contribution in [2.75, 3.05) is 48.8 Å². The van der Waals surface area contributed by atoms with Crippen LogP contribution in [0.15, 0.2) is 77.8 Å². The van der Waals surface area contributed by atoms with E-state index in [1.165, 1.54) is 5.69 Å². The zero-order chi connectivity index (χ0) is 32.6. The highest BCUT2D eigenvalue weighted by Crippen LogP contribution is 2.33. The van der Waals surface area contributed by atoms with Crippen molar-refractivity contribution in [1.82, 2.24) is 14.7 Å². The molecule has 0 aliphatic carbocycles. The summed E-state index contributed by atoms with van der Waals surface area (Å²) in [5, 5.41) is 10.3. The highest BCUT2D eigenvalue weighted by molar-refractivity contribution is 6.15. The van der Waals surface area contributed by atoms with Crippen LogP contribution >= 0.6 is 0 Å². The zero-order valence-corrected chi connectivity index (χ0v) is 26.9. The number of anilines is 3. The maximum Gasteiger partial charge on any atom is 0.273 e. The Labute approximate surface area is 269 Å². The molecule has 2 N–H and O–H groups in total. The van der Waals surface area contributed by atoms with Crippen LogP contribution in [0, 0.1) is 6.92 Å². The zero-order valence-electron chi connectivity index (χ0n) is 26.9. The molecule has 46 heavy (non-hydrogen) atoms. The third kappa shape index (κ3) is 6.48. The van der Waals surface area contributed by atoms with E-state index >= 15 is 0 Å². The summed E-state index contributed by atoms with van der Waals surface area (Å²) in [5.41, 5.74) is 5.70. The van der Waals surface area contributed by atoms with Gasteiger partial charge < -0.3 is 20.4 Å². The van der Waals surface area contributed by atoms with Gasteiger partial charge in [-0.1, -0.05) is 12.1 Å². The van der Waals surface area contributed by atoms with Gasteiger partial charge in [0.15, 0.2) is 5.78 Å². The molecule has 1 atom stereocenters. The molecule has 2 amide bonds. The van der Waals surface area contributed by atoms with Gasteiger partial charge in [0, 0.05) is 60.6 Å². The van der Waals surface area contributed by atoms with Crippen molar-refractivity contribution in [3.63, 3.8) is 0 Å². The number of hydrogen-bond acceptors (Lipinski definition) is 7. The summed E-state index contributed by atoms with van der Waals surface area (Å²) in [5.74, 6) is -1.18. The second kappa shape index (κ2) is 12.4. The van der Waals surface area contributed by atoms with E-state index in [0.29, 0.717) is 28.2 Å². The Morgan fingerprint density at radius 2 is 1.61 bits per heavy atom. The van der Waals surface area contributed by atoms with Crippen LogP contribution in [0.3, 0.4) is 0 Å². The van der Waals surface area contributed by atoms with Crippen molar-refractivity contribution in [2.24, 2.45) is 4.99 Å². The summed E-state index contributed by atoms with van der Waals surface area (Å²) >= 11 is 0. The largest absolute Gasteiger partial charge is 0.369 e. The third-order valence-electron chi connectivity index (χ3n) is 8.39. The average Bonchev–Trinajstić information content (AvgIpc) is 3.59. The summed E-state index contributed by atoms with van der Waals surface area (Å²) in [6.07, 6.45) is 1.66. The van der Waals surface area contributed by atoms with E-state index in [2.05, 4.69) is 49.7 Å². The molecular weight excluding hydrogens is 578 g/mol. The van der Waals surface area contributed by atoms with Crippen LogP contribution in [0.25, 0.3) is 0 Å². The Kier molecular flexibility index (Phi) is 8.31. The lowest BCUT2D eigenvalue weighted by Gasteiger charge is -2.34. The van der Waals surface area contributed by atoms with E-state index in [1.54, 1.807) is 53.4 Å². The Morgan fingerprint density at radius 3 is 2.28 bits per heavy atom. The number of amides is 2. The van der Waals surface area contributed by atoms with Crippen molar-refractivity contribution in [3.05, 3.63) is 101 Å². The smallest absolute Gasteiger partial charge is 0.273 e. The average molecular weight is 618 g/mol. The standard InChI is InChI=1S/C36H39N7O3/c1-23-20-32(43(40-23)36(2,3)4)35(46)38-27-9-6-24(7-10-27)33(44)25-8-15-29-30(34(45)39-31(29)21-25)22-37-26-11-13-28(14-12-26)42-18-16-41(5)17-19-42/h6-15,20-22,30H,16-19H2,1-5H3,(H,38,46)(H,39,45). The van der Waals surface area contributed by atoms with E-state index in [4.69, 9.17) is 0 Å². The first-order chi connectivity index (χ1) is 22.0. The fourth-order valence-electron chi connectivity index (χ4n) is 5.79. The topological polar surface area (TPSA) is 112 Å². The molecular formula is C36H39N7O3. The molecule has 1 saturated heterocycles. The molecule has 2 aliphatic rings. The lowest BCUT2D eigenvalue weighted by Crippen LogP contribution is -2.44. The van der Waals surface area contributed by atoms with Crippen molar-refractivity contribution in [2.45, 2.75) is 39.2 Å². The number of aromatic nitrogens is 2. The third-order valence-corrected chi connectivity index (χ3v) is 8.39. The van der Waals surface area contributed by atoms with Crippen molar-refractivity contribution in [3.8, 4) is 0 Å². The SMILES string of the molecule is Cc1cc(C(=O)Nc2ccc(C(=O)c3ccc4c(c3)NC(=O)C4C=Nc3ccc(N4CCN(C)CC4)cc3)cc2)n(C(C)(C)C)n1. The summed E-state index contributed by atoms with van der Waals surface area (Å²) in [7, 11) is 2.14. The van der Waals surface area contributed by atoms with Crippen molar-refractivity contribution >= 4 is 46.6 Å². The minimum atomic E-state index is -0.544. The normalized spacial score (nSPS) is 16.8. The van der Waals surface area contributed by atoms with E-state index in [0.717, 1.165) is 43.1 Å². The highest BCUT2D eigenvalue weighted by atomic mass is 16.2. The molecule has 10 nitrogen and oxygen atoms in total. The number of hydrogen-bond donors (Lipinski definition) is 2. The molecule has 1 fully saturated rings. The second-order valence-corrected chi connectivity index (χ2v) is 13.0. The number of ketones is 1. The molecule has 3 heterocycles. The number of benzene rings is 3. The molecule has 0 spiro atoms. The van der Waals surface area contributed by atoms with Gasteiger partial charge in [-0.05, 0) is 101 Å². The number of carbonyl (C=O) groups is 3. The number of aryl methyl sites for hydroxylation is 1. The van der Waals surface area contributed by atoms with Gasteiger partial charge in [-0.2, -0.15) is 5.10 Å². The fourth-order valence-corrected chi connectivity index (χ4v) is 5.79. The monoisotopic (exact) mass is 617 g/mol. The van der Waals surface area contributed by atoms with Gasteiger partial charge in [0.2, 0.25) is 5.91 Å². The predicted octanol–water partition coefficient (Wildman–Crippen LogP) is 5.62. The molecule has 1 aromatic heterocycles. The van der Waals surface area contributed by atoms with Crippen LogP contribution in [0.1, 0.15) is 64.4 Å². The van der Waals surface area contributed by atoms with Crippen LogP contribution in [-0.4, -0.2) is 71.7 Å². The number of piperazine rings is 1. The Balaban J connectivity index is 1.11. The summed E-state index contributed by atoms with van der Waals surface area (Å²) in [4.78, 5) is 48.5. The molecule has 6 rings (SSSR count). The van der Waals surface area contributed by atoms with Gasteiger partial charge in [-0.15, -0.1) is 0 Å². The lowest BCUT2D eigenvalue weighted by atomic mass is 9.97. The van der Waals surface area contributed by atoms with Crippen LogP contribution in [0.5, 0.6) is 0 Å². The van der Waals surface area contributed by atoms with Gasteiger partial charge in [0.05, 0.1) is 16.9 Å². The van der Waals surface area contributed by atoms with Crippen molar-refractivity contribution < 1.29 is 14.4 Å². The van der Waals surface area contributed by atoms with Gasteiger partial charge in [0.25, 0.3) is 5.91 Å². The van der Waals surface area contributed by atoms with Crippen LogP contribution in [-0.2, 0) is 10.3 Å². The van der Waals surface area contributed by atoms with E-state index in [9.17, 15) is 14.4 Å². The van der Waals surface area contributed by atoms with Crippen LogP contribution < -0.4 is 15.5 Å².